The number of carbonyl (C=O) groups is 1. The Morgan fingerprint density at radius 2 is 1.74 bits per heavy atom. The van der Waals surface area contributed by atoms with Crippen LogP contribution in [-0.2, 0) is 13.1 Å². The monoisotopic (exact) mass is 309 g/mol. The molecule has 0 bridgehead atoms. The molecular weight excluding hydrogens is 293 g/mol. The number of benzene rings is 2. The highest BCUT2D eigenvalue weighted by atomic mass is 19.1. The lowest BCUT2D eigenvalue weighted by atomic mass is 10.1. The lowest BCUT2D eigenvalue weighted by Gasteiger charge is -2.07. The fraction of sp³-hybridized carbons (Fsp3) is 0.111. The Bertz CT molecular complexity index is 765. The van der Waals surface area contributed by atoms with Gasteiger partial charge in [0, 0.05) is 24.5 Å². The lowest BCUT2D eigenvalue weighted by molar-refractivity contribution is 0.0951. The van der Waals surface area contributed by atoms with Gasteiger partial charge in [-0.15, -0.1) is 0 Å². The molecule has 116 valence electrons. The van der Waals surface area contributed by atoms with Crippen LogP contribution in [0.5, 0.6) is 0 Å². The Morgan fingerprint density at radius 3 is 2.39 bits per heavy atom. The number of amides is 1. The highest BCUT2D eigenvalue weighted by Gasteiger charge is 2.05. The standard InChI is InChI=1S/C18H16FN3O/c19-17-8-4-14(5-9-17)12-20-18(23)16-6-2-15(3-7-16)13-22-11-1-10-21-22/h1-11H,12-13H2,(H,20,23). The Kier molecular flexibility index (Phi) is 4.47. The SMILES string of the molecule is O=C(NCc1ccc(F)cc1)c1ccc(Cn2cccn2)cc1. The predicted molar refractivity (Wildman–Crippen MR) is 85.3 cm³/mol. The molecule has 1 heterocycles. The minimum atomic E-state index is -0.284. The van der Waals surface area contributed by atoms with E-state index >= 15 is 0 Å². The normalized spacial score (nSPS) is 10.5. The van der Waals surface area contributed by atoms with E-state index in [-0.39, 0.29) is 11.7 Å². The van der Waals surface area contributed by atoms with E-state index < -0.39 is 0 Å². The van der Waals surface area contributed by atoms with Crippen molar-refractivity contribution < 1.29 is 9.18 Å². The maximum atomic E-state index is 12.8. The zero-order valence-electron chi connectivity index (χ0n) is 12.4. The number of halogens is 1. The number of nitrogens with one attached hydrogen (secondary N) is 1. The number of hydrogen-bond acceptors (Lipinski definition) is 2. The van der Waals surface area contributed by atoms with Crippen LogP contribution in [0.1, 0.15) is 21.5 Å². The van der Waals surface area contributed by atoms with E-state index in [4.69, 9.17) is 0 Å². The molecule has 0 aliphatic heterocycles. The van der Waals surface area contributed by atoms with Gasteiger partial charge in [0.1, 0.15) is 5.82 Å². The van der Waals surface area contributed by atoms with E-state index in [9.17, 15) is 9.18 Å². The molecule has 2 aromatic carbocycles. The molecule has 0 unspecified atom stereocenters. The molecule has 5 heteroatoms. The average molecular weight is 309 g/mol. The third kappa shape index (κ3) is 4.03. The summed E-state index contributed by atoms with van der Waals surface area (Å²) in [5, 5.41) is 6.97. The van der Waals surface area contributed by atoms with Crippen molar-refractivity contribution >= 4 is 5.91 Å². The van der Waals surface area contributed by atoms with Crippen molar-refractivity contribution in [2.75, 3.05) is 0 Å². The van der Waals surface area contributed by atoms with Gasteiger partial charge in [-0.3, -0.25) is 9.48 Å². The number of aromatic nitrogens is 2. The van der Waals surface area contributed by atoms with Crippen LogP contribution < -0.4 is 5.32 Å². The molecule has 0 saturated heterocycles. The first-order valence-electron chi connectivity index (χ1n) is 7.30. The van der Waals surface area contributed by atoms with Gasteiger partial charge in [0.25, 0.3) is 5.91 Å². The van der Waals surface area contributed by atoms with Gasteiger partial charge in [0.15, 0.2) is 0 Å². The van der Waals surface area contributed by atoms with Gasteiger partial charge >= 0.3 is 0 Å². The molecule has 0 saturated carbocycles. The van der Waals surface area contributed by atoms with Crippen molar-refractivity contribution in [1.29, 1.82) is 0 Å². The molecular formula is C18H16FN3O. The molecule has 4 nitrogen and oxygen atoms in total. The summed E-state index contributed by atoms with van der Waals surface area (Å²) in [4.78, 5) is 12.1. The summed E-state index contributed by atoms with van der Waals surface area (Å²) in [5.74, 6) is -0.437. The van der Waals surface area contributed by atoms with E-state index in [1.165, 1.54) is 12.1 Å². The predicted octanol–water partition coefficient (Wildman–Crippen LogP) is 3.00. The Labute approximate surface area is 133 Å². The number of nitrogens with zero attached hydrogens (tertiary/aromatic N) is 2. The van der Waals surface area contributed by atoms with E-state index in [1.807, 2.05) is 29.1 Å². The molecule has 1 aromatic heterocycles. The van der Waals surface area contributed by atoms with Gasteiger partial charge in [0.05, 0.1) is 6.54 Å². The van der Waals surface area contributed by atoms with Gasteiger partial charge < -0.3 is 5.32 Å². The summed E-state index contributed by atoms with van der Waals surface area (Å²) in [6.07, 6.45) is 3.63. The largest absolute Gasteiger partial charge is 0.348 e. The fourth-order valence-corrected chi connectivity index (χ4v) is 2.23. The van der Waals surface area contributed by atoms with Crippen LogP contribution in [0.2, 0.25) is 0 Å². The van der Waals surface area contributed by atoms with Crippen molar-refractivity contribution in [2.24, 2.45) is 0 Å². The molecule has 23 heavy (non-hydrogen) atoms. The topological polar surface area (TPSA) is 46.9 Å². The first-order chi connectivity index (χ1) is 11.2. The third-order valence-electron chi connectivity index (χ3n) is 3.49. The highest BCUT2D eigenvalue weighted by molar-refractivity contribution is 5.94. The highest BCUT2D eigenvalue weighted by Crippen LogP contribution is 2.07. The number of rotatable bonds is 5. The molecule has 3 rings (SSSR count). The lowest BCUT2D eigenvalue weighted by Crippen LogP contribution is -2.22. The Balaban J connectivity index is 1.58. The second kappa shape index (κ2) is 6.87. The van der Waals surface area contributed by atoms with Crippen LogP contribution >= 0.6 is 0 Å². The summed E-state index contributed by atoms with van der Waals surface area (Å²) in [6, 6.07) is 15.3. The Morgan fingerprint density at radius 1 is 1.04 bits per heavy atom. The third-order valence-corrected chi connectivity index (χ3v) is 3.49. The molecule has 0 spiro atoms. The van der Waals surface area contributed by atoms with Gasteiger partial charge in [-0.25, -0.2) is 4.39 Å². The molecule has 1 N–H and O–H groups in total. The first-order valence-corrected chi connectivity index (χ1v) is 7.30. The maximum absolute atomic E-state index is 12.8. The second-order valence-electron chi connectivity index (χ2n) is 5.21. The van der Waals surface area contributed by atoms with E-state index in [2.05, 4.69) is 10.4 Å². The van der Waals surface area contributed by atoms with E-state index in [0.29, 0.717) is 18.7 Å². The zero-order chi connectivity index (χ0) is 16.1. The van der Waals surface area contributed by atoms with Gasteiger partial charge in [-0.1, -0.05) is 24.3 Å². The van der Waals surface area contributed by atoms with Gasteiger partial charge in [-0.2, -0.15) is 5.10 Å². The van der Waals surface area contributed by atoms with Crippen LogP contribution in [0, 0.1) is 5.82 Å². The average Bonchev–Trinajstić information content (AvgIpc) is 3.08. The van der Waals surface area contributed by atoms with Crippen LogP contribution in [0.15, 0.2) is 67.0 Å². The summed E-state index contributed by atoms with van der Waals surface area (Å²) in [5.41, 5.74) is 2.52. The summed E-state index contributed by atoms with van der Waals surface area (Å²) < 4.78 is 14.7. The first kappa shape index (κ1) is 15.0. The smallest absolute Gasteiger partial charge is 0.251 e. The Hall–Kier alpha value is -2.95. The van der Waals surface area contributed by atoms with Crippen LogP contribution in [0.4, 0.5) is 4.39 Å². The molecule has 1 amide bonds. The van der Waals surface area contributed by atoms with Gasteiger partial charge in [0.2, 0.25) is 0 Å². The number of hydrogen-bond donors (Lipinski definition) is 1. The maximum Gasteiger partial charge on any atom is 0.251 e. The summed E-state index contributed by atoms with van der Waals surface area (Å²) in [6.45, 7) is 1.04. The molecule has 0 aliphatic rings. The van der Waals surface area contributed by atoms with Crippen LogP contribution in [0.25, 0.3) is 0 Å². The van der Waals surface area contributed by atoms with E-state index in [1.54, 1.807) is 30.5 Å². The molecule has 0 atom stereocenters. The summed E-state index contributed by atoms with van der Waals surface area (Å²) in [7, 11) is 0. The van der Waals surface area contributed by atoms with Crippen molar-refractivity contribution in [2.45, 2.75) is 13.1 Å². The van der Waals surface area contributed by atoms with Crippen molar-refractivity contribution in [3.8, 4) is 0 Å². The minimum absolute atomic E-state index is 0.153. The number of carbonyl (C=O) groups excluding carboxylic acids is 1. The van der Waals surface area contributed by atoms with Gasteiger partial charge in [-0.05, 0) is 41.5 Å². The molecule has 3 aromatic rings. The van der Waals surface area contributed by atoms with Crippen LogP contribution in [-0.4, -0.2) is 15.7 Å². The van der Waals surface area contributed by atoms with Crippen molar-refractivity contribution in [3.05, 3.63) is 89.5 Å². The quantitative estimate of drug-likeness (QED) is 0.787. The molecule has 0 radical (unpaired) electrons. The van der Waals surface area contributed by atoms with Crippen molar-refractivity contribution in [3.63, 3.8) is 0 Å². The summed E-state index contributed by atoms with van der Waals surface area (Å²) >= 11 is 0. The molecule has 0 aliphatic carbocycles. The van der Waals surface area contributed by atoms with E-state index in [0.717, 1.165) is 11.1 Å². The minimum Gasteiger partial charge on any atom is -0.348 e. The van der Waals surface area contributed by atoms with Crippen LogP contribution in [0.3, 0.4) is 0 Å². The zero-order valence-corrected chi connectivity index (χ0v) is 12.4. The van der Waals surface area contributed by atoms with Crippen molar-refractivity contribution in [1.82, 2.24) is 15.1 Å². The second-order valence-corrected chi connectivity index (χ2v) is 5.21. The molecule has 0 fully saturated rings. The fourth-order valence-electron chi connectivity index (χ4n) is 2.23.